The topological polar surface area (TPSA) is 56.9 Å². The molecule has 2 heterocycles. The van der Waals surface area contributed by atoms with E-state index in [0.717, 1.165) is 4.57 Å². The zero-order chi connectivity index (χ0) is 17.6. The third-order valence-electron chi connectivity index (χ3n) is 4.00. The molecule has 0 atom stereocenters. The van der Waals surface area contributed by atoms with Crippen molar-refractivity contribution in [3.8, 4) is 0 Å². The van der Waals surface area contributed by atoms with E-state index in [0.29, 0.717) is 22.3 Å². The van der Waals surface area contributed by atoms with Crippen LogP contribution in [0.25, 0.3) is 11.0 Å². The molecule has 0 aliphatic carbocycles. The van der Waals surface area contributed by atoms with Crippen molar-refractivity contribution in [1.29, 1.82) is 0 Å². The van der Waals surface area contributed by atoms with Crippen LogP contribution in [0, 0.1) is 19.7 Å². The molecular weight excluding hydrogens is 333 g/mol. The summed E-state index contributed by atoms with van der Waals surface area (Å²) in [6.07, 6.45) is 0. The fraction of sp³-hybridized carbons (Fsp3) is 0.235. The number of aryl methyl sites for hydroxylation is 3. The minimum absolute atomic E-state index is 0.107. The maximum atomic E-state index is 14.0. The molecule has 0 saturated heterocycles. The van der Waals surface area contributed by atoms with Crippen LogP contribution in [0.15, 0.2) is 33.9 Å². The lowest BCUT2D eigenvalue weighted by molar-refractivity contribution is 0.582. The average molecular weight is 348 g/mol. The summed E-state index contributed by atoms with van der Waals surface area (Å²) in [4.78, 5) is 29.7. The van der Waals surface area contributed by atoms with Gasteiger partial charge in [0.1, 0.15) is 11.5 Å². The van der Waals surface area contributed by atoms with Gasteiger partial charge in [0, 0.05) is 23.3 Å². The monoisotopic (exact) mass is 347 g/mol. The summed E-state index contributed by atoms with van der Waals surface area (Å²) in [5, 5.41) is 0.512. The van der Waals surface area contributed by atoms with Crippen LogP contribution in [-0.2, 0) is 13.6 Å². The van der Waals surface area contributed by atoms with Gasteiger partial charge in [-0.25, -0.2) is 14.2 Å². The Kier molecular flexibility index (Phi) is 4.01. The second-order valence-corrected chi connectivity index (χ2v) is 6.12. The normalized spacial score (nSPS) is 11.2. The summed E-state index contributed by atoms with van der Waals surface area (Å²) in [6.45, 7) is 3.34. The first kappa shape index (κ1) is 16.4. The summed E-state index contributed by atoms with van der Waals surface area (Å²) in [5.74, 6) is -0.560. The summed E-state index contributed by atoms with van der Waals surface area (Å²) < 4.78 is 16.3. The van der Waals surface area contributed by atoms with Gasteiger partial charge in [0.15, 0.2) is 0 Å². The van der Waals surface area contributed by atoms with Gasteiger partial charge in [0.2, 0.25) is 0 Å². The predicted octanol–water partition coefficient (Wildman–Crippen LogP) is 2.55. The molecule has 0 amide bonds. The number of benzene rings is 1. The van der Waals surface area contributed by atoms with Gasteiger partial charge in [-0.15, -0.1) is 0 Å². The molecule has 0 aliphatic rings. The van der Waals surface area contributed by atoms with Crippen LogP contribution in [-0.4, -0.2) is 14.1 Å². The maximum Gasteiger partial charge on any atom is 0.332 e. The highest BCUT2D eigenvalue weighted by atomic mass is 35.5. The Morgan fingerprint density at radius 1 is 1.25 bits per heavy atom. The van der Waals surface area contributed by atoms with Gasteiger partial charge in [-0.2, -0.15) is 0 Å². The molecule has 3 rings (SSSR count). The van der Waals surface area contributed by atoms with Crippen LogP contribution in [0.2, 0.25) is 5.02 Å². The standard InChI is InChI=1S/C17H15ClFN3O2/c1-9-7-10(2)20-15-14(9)16(23)22(17(24)21(15)3)8-11-12(18)5-4-6-13(11)19/h4-7H,8H2,1-3H3. The largest absolute Gasteiger partial charge is 0.332 e. The number of nitrogens with zero attached hydrogens (tertiary/aromatic N) is 3. The first-order valence-corrected chi connectivity index (χ1v) is 7.69. The zero-order valence-electron chi connectivity index (χ0n) is 13.4. The molecule has 0 bridgehead atoms. The van der Waals surface area contributed by atoms with Crippen molar-refractivity contribution >= 4 is 22.6 Å². The number of aromatic nitrogens is 3. The van der Waals surface area contributed by atoms with E-state index in [-0.39, 0.29) is 17.1 Å². The molecule has 124 valence electrons. The van der Waals surface area contributed by atoms with E-state index in [1.807, 2.05) is 0 Å². The Balaban J connectivity index is 2.34. The highest BCUT2D eigenvalue weighted by Gasteiger charge is 2.17. The fourth-order valence-corrected chi connectivity index (χ4v) is 3.02. The smallest absolute Gasteiger partial charge is 0.280 e. The predicted molar refractivity (Wildman–Crippen MR) is 91.2 cm³/mol. The molecule has 0 unspecified atom stereocenters. The van der Waals surface area contributed by atoms with Crippen LogP contribution < -0.4 is 11.2 Å². The molecule has 2 aromatic heterocycles. The summed E-state index contributed by atoms with van der Waals surface area (Å²) >= 11 is 6.02. The van der Waals surface area contributed by atoms with Crippen molar-refractivity contribution in [3.05, 3.63) is 72.8 Å². The number of halogens is 2. The van der Waals surface area contributed by atoms with E-state index in [4.69, 9.17) is 11.6 Å². The maximum absolute atomic E-state index is 14.0. The third-order valence-corrected chi connectivity index (χ3v) is 4.35. The Morgan fingerprint density at radius 2 is 1.96 bits per heavy atom. The molecule has 0 saturated carbocycles. The molecule has 24 heavy (non-hydrogen) atoms. The van der Waals surface area contributed by atoms with E-state index in [1.165, 1.54) is 29.8 Å². The molecular formula is C17H15ClFN3O2. The SMILES string of the molecule is Cc1cc(C)c2c(=O)n(Cc3c(F)cccc3Cl)c(=O)n(C)c2n1. The van der Waals surface area contributed by atoms with Crippen molar-refractivity contribution in [1.82, 2.24) is 14.1 Å². The molecule has 0 aliphatic heterocycles. The zero-order valence-corrected chi connectivity index (χ0v) is 14.2. The molecule has 3 aromatic rings. The molecule has 0 radical (unpaired) electrons. The third kappa shape index (κ3) is 2.53. The quantitative estimate of drug-likeness (QED) is 0.716. The highest BCUT2D eigenvalue weighted by molar-refractivity contribution is 6.31. The average Bonchev–Trinajstić information content (AvgIpc) is 2.51. The first-order valence-electron chi connectivity index (χ1n) is 7.32. The number of rotatable bonds is 2. The lowest BCUT2D eigenvalue weighted by Crippen LogP contribution is -2.40. The molecule has 0 spiro atoms. The summed E-state index contributed by atoms with van der Waals surface area (Å²) in [5.41, 5.74) is 0.784. The van der Waals surface area contributed by atoms with Gasteiger partial charge in [0.05, 0.1) is 11.9 Å². The van der Waals surface area contributed by atoms with E-state index >= 15 is 0 Å². The Labute approximate surface area is 142 Å². The van der Waals surface area contributed by atoms with Gasteiger partial charge >= 0.3 is 5.69 Å². The first-order chi connectivity index (χ1) is 11.3. The molecule has 5 nitrogen and oxygen atoms in total. The molecule has 1 aromatic carbocycles. The number of hydrogen-bond acceptors (Lipinski definition) is 3. The van der Waals surface area contributed by atoms with E-state index in [2.05, 4.69) is 4.98 Å². The Bertz CT molecular complexity index is 1070. The van der Waals surface area contributed by atoms with Crippen molar-refractivity contribution in [2.75, 3.05) is 0 Å². The lowest BCUT2D eigenvalue weighted by atomic mass is 10.1. The molecule has 0 fully saturated rings. The minimum atomic E-state index is -0.565. The van der Waals surface area contributed by atoms with E-state index in [1.54, 1.807) is 19.9 Å². The van der Waals surface area contributed by atoms with Crippen molar-refractivity contribution in [3.63, 3.8) is 0 Å². The second kappa shape index (κ2) is 5.87. The van der Waals surface area contributed by atoms with Gasteiger partial charge < -0.3 is 0 Å². The lowest BCUT2D eigenvalue weighted by Gasteiger charge is -2.13. The van der Waals surface area contributed by atoms with Gasteiger partial charge in [-0.05, 0) is 37.6 Å². The highest BCUT2D eigenvalue weighted by Crippen LogP contribution is 2.19. The Morgan fingerprint density at radius 3 is 2.62 bits per heavy atom. The Hall–Kier alpha value is -2.47. The minimum Gasteiger partial charge on any atom is -0.280 e. The number of hydrogen-bond donors (Lipinski definition) is 0. The van der Waals surface area contributed by atoms with Crippen molar-refractivity contribution in [2.45, 2.75) is 20.4 Å². The molecule has 7 heteroatoms. The fourth-order valence-electron chi connectivity index (χ4n) is 2.80. The van der Waals surface area contributed by atoms with Gasteiger partial charge in [0.25, 0.3) is 5.56 Å². The van der Waals surface area contributed by atoms with Crippen LogP contribution in [0.5, 0.6) is 0 Å². The van der Waals surface area contributed by atoms with Gasteiger partial charge in [-0.3, -0.25) is 13.9 Å². The van der Waals surface area contributed by atoms with Crippen molar-refractivity contribution in [2.24, 2.45) is 7.05 Å². The van der Waals surface area contributed by atoms with Crippen LogP contribution in [0.1, 0.15) is 16.8 Å². The van der Waals surface area contributed by atoms with Crippen LogP contribution in [0.3, 0.4) is 0 Å². The van der Waals surface area contributed by atoms with Crippen LogP contribution >= 0.6 is 11.6 Å². The number of fused-ring (bicyclic) bond motifs is 1. The van der Waals surface area contributed by atoms with Gasteiger partial charge in [-0.1, -0.05) is 17.7 Å². The summed E-state index contributed by atoms with van der Waals surface area (Å²) in [7, 11) is 1.54. The van der Waals surface area contributed by atoms with E-state index < -0.39 is 17.1 Å². The van der Waals surface area contributed by atoms with Crippen molar-refractivity contribution < 1.29 is 4.39 Å². The van der Waals surface area contributed by atoms with E-state index in [9.17, 15) is 14.0 Å². The van der Waals surface area contributed by atoms with Crippen LogP contribution in [0.4, 0.5) is 4.39 Å². The number of pyridine rings is 1. The summed E-state index contributed by atoms with van der Waals surface area (Å²) in [6, 6.07) is 6.01. The second-order valence-electron chi connectivity index (χ2n) is 5.71. The molecule has 0 N–H and O–H groups in total.